The van der Waals surface area contributed by atoms with Crippen molar-refractivity contribution in [2.45, 2.75) is 6.42 Å². The molecule has 84 valence electrons. The maximum atomic E-state index is 11.6. The molecule has 1 aliphatic rings. The molecule has 0 aliphatic carbocycles. The summed E-state index contributed by atoms with van der Waals surface area (Å²) >= 11 is 0. The fourth-order valence-corrected chi connectivity index (χ4v) is 1.76. The number of benzene rings is 1. The molecule has 0 saturated carbocycles. The standard InChI is InChI=1S/C11H12N2O3/c12-4-1-5-13-9-3-2-7(14)6-8(9)10(15)11(13)16/h2-3,6,14H,1,4-5,12H2. The quantitative estimate of drug-likeness (QED) is 0.716. The van der Waals surface area contributed by atoms with Gasteiger partial charge >= 0.3 is 0 Å². The van der Waals surface area contributed by atoms with E-state index in [1.54, 1.807) is 6.07 Å². The van der Waals surface area contributed by atoms with E-state index in [1.807, 2.05) is 0 Å². The number of nitrogens with two attached hydrogens (primary N) is 1. The summed E-state index contributed by atoms with van der Waals surface area (Å²) in [6.45, 7) is 0.893. The van der Waals surface area contributed by atoms with Gasteiger partial charge in [0.25, 0.3) is 11.7 Å². The molecular formula is C11H12N2O3. The maximum Gasteiger partial charge on any atom is 0.299 e. The van der Waals surface area contributed by atoms with E-state index in [4.69, 9.17) is 5.73 Å². The van der Waals surface area contributed by atoms with Gasteiger partial charge in [-0.25, -0.2) is 0 Å². The number of hydrogen-bond acceptors (Lipinski definition) is 4. The molecule has 5 heteroatoms. The second-order valence-corrected chi connectivity index (χ2v) is 3.63. The number of carbonyl (C=O) groups is 2. The van der Waals surface area contributed by atoms with Crippen LogP contribution in [0.1, 0.15) is 16.8 Å². The minimum absolute atomic E-state index is 0.0134. The Bertz CT molecular complexity index is 457. The van der Waals surface area contributed by atoms with Gasteiger partial charge in [-0.05, 0) is 31.2 Å². The number of phenols is 1. The maximum absolute atomic E-state index is 11.6. The van der Waals surface area contributed by atoms with Crippen LogP contribution in [0.25, 0.3) is 0 Å². The Morgan fingerprint density at radius 2 is 2.06 bits per heavy atom. The molecule has 1 heterocycles. The lowest BCUT2D eigenvalue weighted by atomic mass is 10.1. The molecule has 0 saturated heterocycles. The summed E-state index contributed by atoms with van der Waals surface area (Å²) in [5, 5.41) is 9.26. The van der Waals surface area contributed by atoms with Gasteiger partial charge in [0, 0.05) is 6.54 Å². The van der Waals surface area contributed by atoms with Crippen LogP contribution < -0.4 is 10.6 Å². The summed E-state index contributed by atoms with van der Waals surface area (Å²) in [4.78, 5) is 24.6. The first kappa shape index (κ1) is 10.6. The number of aromatic hydroxyl groups is 1. The highest BCUT2D eigenvalue weighted by atomic mass is 16.3. The zero-order valence-electron chi connectivity index (χ0n) is 8.64. The molecule has 5 nitrogen and oxygen atoms in total. The number of ketones is 1. The van der Waals surface area contributed by atoms with Crippen LogP contribution in [-0.2, 0) is 4.79 Å². The molecule has 1 aromatic rings. The van der Waals surface area contributed by atoms with Crippen LogP contribution in [0.4, 0.5) is 5.69 Å². The molecule has 0 atom stereocenters. The van der Waals surface area contributed by atoms with Gasteiger partial charge in [0.2, 0.25) is 0 Å². The first-order valence-corrected chi connectivity index (χ1v) is 5.04. The van der Waals surface area contributed by atoms with Gasteiger partial charge in [0.1, 0.15) is 5.75 Å². The molecule has 0 spiro atoms. The van der Waals surface area contributed by atoms with Gasteiger partial charge in [-0.1, -0.05) is 0 Å². The van der Waals surface area contributed by atoms with Crippen molar-refractivity contribution in [1.29, 1.82) is 0 Å². The second kappa shape index (κ2) is 3.94. The van der Waals surface area contributed by atoms with Crippen LogP contribution in [0.2, 0.25) is 0 Å². The number of hydrogen-bond donors (Lipinski definition) is 2. The fourth-order valence-electron chi connectivity index (χ4n) is 1.76. The Kier molecular flexibility index (Phi) is 2.62. The summed E-state index contributed by atoms with van der Waals surface area (Å²) in [5.74, 6) is -1.13. The van der Waals surface area contributed by atoms with E-state index in [0.29, 0.717) is 25.2 Å². The zero-order valence-corrected chi connectivity index (χ0v) is 8.64. The van der Waals surface area contributed by atoms with E-state index >= 15 is 0 Å². The highest BCUT2D eigenvalue weighted by Crippen LogP contribution is 2.31. The van der Waals surface area contributed by atoms with Crippen molar-refractivity contribution >= 4 is 17.4 Å². The SMILES string of the molecule is NCCCN1C(=O)C(=O)c2cc(O)ccc21. The Balaban J connectivity index is 2.38. The summed E-state index contributed by atoms with van der Waals surface area (Å²) in [6, 6.07) is 4.35. The lowest BCUT2D eigenvalue weighted by molar-refractivity contribution is -0.114. The minimum Gasteiger partial charge on any atom is -0.508 e. The van der Waals surface area contributed by atoms with Crippen LogP contribution in [0.15, 0.2) is 18.2 Å². The number of phenolic OH excluding ortho intramolecular Hbond substituents is 1. The number of anilines is 1. The van der Waals surface area contributed by atoms with Crippen molar-refractivity contribution in [2.75, 3.05) is 18.0 Å². The molecule has 0 fully saturated rings. The molecule has 0 aromatic heterocycles. The van der Waals surface area contributed by atoms with Crippen LogP contribution in [0.5, 0.6) is 5.75 Å². The summed E-state index contributed by atoms with van der Waals surface area (Å²) in [7, 11) is 0. The highest BCUT2D eigenvalue weighted by molar-refractivity contribution is 6.52. The summed E-state index contributed by atoms with van der Waals surface area (Å²) in [6.07, 6.45) is 0.638. The first-order valence-electron chi connectivity index (χ1n) is 5.04. The van der Waals surface area contributed by atoms with Gasteiger partial charge in [-0.3, -0.25) is 9.59 Å². The van der Waals surface area contributed by atoms with Gasteiger partial charge < -0.3 is 15.7 Å². The van der Waals surface area contributed by atoms with Crippen molar-refractivity contribution in [3.05, 3.63) is 23.8 Å². The van der Waals surface area contributed by atoms with Crippen LogP contribution in [0.3, 0.4) is 0 Å². The lowest BCUT2D eigenvalue weighted by Crippen LogP contribution is -2.31. The van der Waals surface area contributed by atoms with E-state index in [2.05, 4.69) is 0 Å². The normalized spacial score (nSPS) is 14.4. The molecule has 1 amide bonds. The zero-order chi connectivity index (χ0) is 11.7. The summed E-state index contributed by atoms with van der Waals surface area (Å²) in [5.41, 5.74) is 6.19. The number of Topliss-reactive ketones (excluding diaryl/α,β-unsaturated/α-hetero) is 1. The molecule has 2 rings (SSSR count). The van der Waals surface area contributed by atoms with E-state index in [1.165, 1.54) is 17.0 Å². The predicted molar refractivity (Wildman–Crippen MR) is 58.5 cm³/mol. The molecule has 16 heavy (non-hydrogen) atoms. The molecular weight excluding hydrogens is 208 g/mol. The number of amides is 1. The minimum atomic E-state index is -0.567. The van der Waals surface area contributed by atoms with Gasteiger partial charge in [-0.15, -0.1) is 0 Å². The Hall–Kier alpha value is -1.88. The van der Waals surface area contributed by atoms with Crippen molar-refractivity contribution in [2.24, 2.45) is 5.73 Å². The number of rotatable bonds is 3. The Labute approximate surface area is 92.5 Å². The van der Waals surface area contributed by atoms with Crippen molar-refractivity contribution < 1.29 is 14.7 Å². The van der Waals surface area contributed by atoms with E-state index < -0.39 is 11.7 Å². The predicted octanol–water partition coefficient (Wildman–Crippen LogP) is 0.270. The van der Waals surface area contributed by atoms with Crippen molar-refractivity contribution in [3.63, 3.8) is 0 Å². The van der Waals surface area contributed by atoms with Gasteiger partial charge in [0.15, 0.2) is 0 Å². The van der Waals surface area contributed by atoms with Gasteiger partial charge in [-0.2, -0.15) is 0 Å². The largest absolute Gasteiger partial charge is 0.508 e. The molecule has 3 N–H and O–H groups in total. The lowest BCUT2D eigenvalue weighted by Gasteiger charge is -2.15. The summed E-state index contributed by atoms with van der Waals surface area (Å²) < 4.78 is 0. The Morgan fingerprint density at radius 1 is 1.31 bits per heavy atom. The number of carbonyl (C=O) groups excluding carboxylic acids is 2. The molecule has 1 aliphatic heterocycles. The van der Waals surface area contributed by atoms with E-state index in [9.17, 15) is 14.7 Å². The number of nitrogens with zero attached hydrogens (tertiary/aromatic N) is 1. The van der Waals surface area contributed by atoms with E-state index in [0.717, 1.165) is 0 Å². The molecule has 0 unspecified atom stereocenters. The first-order chi connectivity index (χ1) is 7.65. The monoisotopic (exact) mass is 220 g/mol. The molecule has 1 aromatic carbocycles. The molecule has 0 radical (unpaired) electrons. The van der Waals surface area contributed by atoms with Gasteiger partial charge in [0.05, 0.1) is 11.3 Å². The third-order valence-corrected chi connectivity index (χ3v) is 2.54. The third-order valence-electron chi connectivity index (χ3n) is 2.54. The van der Waals surface area contributed by atoms with Crippen molar-refractivity contribution in [1.82, 2.24) is 0 Å². The number of fused-ring (bicyclic) bond motifs is 1. The highest BCUT2D eigenvalue weighted by Gasteiger charge is 2.35. The van der Waals surface area contributed by atoms with Crippen LogP contribution in [-0.4, -0.2) is 29.9 Å². The average molecular weight is 220 g/mol. The second-order valence-electron chi connectivity index (χ2n) is 3.63. The van der Waals surface area contributed by atoms with Crippen molar-refractivity contribution in [3.8, 4) is 5.75 Å². The smallest absolute Gasteiger partial charge is 0.299 e. The molecule has 0 bridgehead atoms. The third kappa shape index (κ3) is 1.55. The fraction of sp³-hybridized carbons (Fsp3) is 0.273. The topological polar surface area (TPSA) is 83.6 Å². The van der Waals surface area contributed by atoms with E-state index in [-0.39, 0.29) is 11.3 Å². The average Bonchev–Trinajstić information content (AvgIpc) is 2.50. The van der Waals surface area contributed by atoms with Crippen LogP contribution in [0, 0.1) is 0 Å². The van der Waals surface area contributed by atoms with Crippen LogP contribution >= 0.6 is 0 Å². The Morgan fingerprint density at radius 3 is 2.75 bits per heavy atom.